The molecule has 0 aromatic carbocycles. The lowest BCUT2D eigenvalue weighted by molar-refractivity contribution is -0.144. The van der Waals surface area contributed by atoms with Crippen molar-refractivity contribution in [1.29, 1.82) is 0 Å². The topological polar surface area (TPSA) is 144 Å². The van der Waals surface area contributed by atoms with Crippen molar-refractivity contribution in [3.05, 3.63) is 18.2 Å². The van der Waals surface area contributed by atoms with E-state index in [9.17, 15) is 9.59 Å². The number of unbranched alkanes of at least 4 members (excludes halogenated alkanes) is 1. The van der Waals surface area contributed by atoms with E-state index in [1.165, 1.54) is 12.8 Å². The Morgan fingerprint density at radius 1 is 1.32 bits per heavy atom. The Kier molecular flexibility index (Phi) is 9.80. The van der Waals surface area contributed by atoms with Crippen molar-refractivity contribution < 1.29 is 19.8 Å². The highest BCUT2D eigenvalue weighted by Gasteiger charge is 2.14. The molecule has 0 spiro atoms. The highest BCUT2D eigenvalue weighted by molar-refractivity contribution is 5.80. The van der Waals surface area contributed by atoms with Crippen molar-refractivity contribution in [3.8, 4) is 0 Å². The van der Waals surface area contributed by atoms with E-state index < -0.39 is 24.4 Å². The summed E-state index contributed by atoms with van der Waals surface area (Å²) in [6.45, 7) is 5.32. The first kappa shape index (κ1) is 20.1. The molecule has 0 saturated heterocycles. The van der Waals surface area contributed by atoms with E-state index in [1.54, 1.807) is 0 Å². The lowest BCUT2D eigenvalue weighted by Crippen LogP contribution is -2.32. The molecule has 0 aliphatic rings. The summed E-state index contributed by atoms with van der Waals surface area (Å²) >= 11 is 0. The van der Waals surface area contributed by atoms with Crippen LogP contribution in [0.15, 0.2) is 12.4 Å². The molecule has 1 heterocycles. The molecule has 1 aromatic rings. The van der Waals surface area contributed by atoms with Crippen LogP contribution in [0.2, 0.25) is 0 Å². The average molecular weight is 314 g/mol. The molecule has 22 heavy (non-hydrogen) atoms. The summed E-state index contributed by atoms with van der Waals surface area (Å²) in [6, 6.07) is -1.20. The second-order valence-electron chi connectivity index (χ2n) is 4.89. The minimum Gasteiger partial charge on any atom is -0.481 e. The molecule has 0 amide bonds. The summed E-state index contributed by atoms with van der Waals surface area (Å²) < 4.78 is 2.16. The summed E-state index contributed by atoms with van der Waals surface area (Å²) in [4.78, 5) is 23.9. The number of nitrogens with zero attached hydrogens (tertiary/aromatic N) is 2. The van der Waals surface area contributed by atoms with Gasteiger partial charge in [0.2, 0.25) is 0 Å². The van der Waals surface area contributed by atoms with Crippen molar-refractivity contribution in [2.24, 2.45) is 11.5 Å². The molecule has 6 N–H and O–H groups in total. The van der Waals surface area contributed by atoms with Gasteiger partial charge in [-0.05, 0) is 12.8 Å². The fraction of sp³-hybridized carbons (Fsp3) is 0.643. The smallest absolute Gasteiger partial charge is 0.321 e. The van der Waals surface area contributed by atoms with Crippen LogP contribution in [0.1, 0.15) is 51.4 Å². The lowest BCUT2D eigenvalue weighted by atomic mass is 10.2. The minimum atomic E-state index is -1.29. The van der Waals surface area contributed by atoms with Crippen LogP contribution in [-0.2, 0) is 16.1 Å². The van der Waals surface area contributed by atoms with Crippen LogP contribution in [0.4, 0.5) is 0 Å². The molecule has 0 saturated carbocycles. The maximum absolute atomic E-state index is 9.85. The Morgan fingerprint density at radius 2 is 1.95 bits per heavy atom. The zero-order valence-electron chi connectivity index (χ0n) is 13.1. The third-order valence-corrected chi connectivity index (χ3v) is 2.98. The molecule has 0 bridgehead atoms. The van der Waals surface area contributed by atoms with Gasteiger partial charge >= 0.3 is 11.9 Å². The van der Waals surface area contributed by atoms with Gasteiger partial charge in [0, 0.05) is 18.9 Å². The van der Waals surface area contributed by atoms with Crippen molar-refractivity contribution in [2.75, 3.05) is 0 Å². The number of carboxylic acids is 2. The van der Waals surface area contributed by atoms with E-state index in [4.69, 9.17) is 21.7 Å². The number of carbonyl (C=O) groups is 2. The lowest BCUT2D eigenvalue weighted by Gasteiger charge is -2.11. The Hall–Kier alpha value is -1.93. The van der Waals surface area contributed by atoms with E-state index in [1.807, 2.05) is 12.4 Å². The summed E-state index contributed by atoms with van der Waals surface area (Å²) in [7, 11) is 0. The average Bonchev–Trinajstić information content (AvgIpc) is 2.92. The zero-order valence-corrected chi connectivity index (χ0v) is 13.1. The number of carboxylic acid groups (broad SMARTS) is 2. The number of aliphatic carboxylic acids is 2. The fourth-order valence-electron chi connectivity index (χ4n) is 1.62. The number of nitrogens with two attached hydrogens (primary N) is 2. The van der Waals surface area contributed by atoms with Gasteiger partial charge in [-0.1, -0.05) is 20.3 Å². The minimum absolute atomic E-state index is 0.0897. The summed E-state index contributed by atoms with van der Waals surface area (Å²) in [5.41, 5.74) is 10.8. The second kappa shape index (κ2) is 10.7. The largest absolute Gasteiger partial charge is 0.481 e. The monoisotopic (exact) mass is 314 g/mol. The van der Waals surface area contributed by atoms with Crippen LogP contribution in [0.3, 0.4) is 0 Å². The number of imidazole rings is 1. The van der Waals surface area contributed by atoms with Gasteiger partial charge in [-0.3, -0.25) is 9.59 Å². The van der Waals surface area contributed by atoms with E-state index in [2.05, 4.69) is 23.4 Å². The van der Waals surface area contributed by atoms with Crippen molar-refractivity contribution in [2.45, 2.75) is 58.2 Å². The molecular weight excluding hydrogens is 288 g/mol. The SMILES string of the molecule is CCCCn1ccnc1C(N)CC.NC(CC(=O)O)C(=O)O. The highest BCUT2D eigenvalue weighted by Crippen LogP contribution is 2.11. The first-order valence-electron chi connectivity index (χ1n) is 7.30. The summed E-state index contributed by atoms with van der Waals surface area (Å²) in [5.74, 6) is -1.47. The van der Waals surface area contributed by atoms with Crippen molar-refractivity contribution in [3.63, 3.8) is 0 Å². The molecule has 0 radical (unpaired) electrons. The molecule has 0 fully saturated rings. The third-order valence-electron chi connectivity index (χ3n) is 2.98. The molecule has 2 unspecified atom stereocenters. The van der Waals surface area contributed by atoms with Crippen LogP contribution >= 0.6 is 0 Å². The Bertz CT molecular complexity index is 461. The van der Waals surface area contributed by atoms with Gasteiger partial charge < -0.3 is 26.2 Å². The fourth-order valence-corrected chi connectivity index (χ4v) is 1.62. The van der Waals surface area contributed by atoms with Gasteiger partial charge in [0.15, 0.2) is 0 Å². The Balaban J connectivity index is 0.000000433. The normalized spacial score (nSPS) is 12.9. The van der Waals surface area contributed by atoms with E-state index in [0.717, 1.165) is 18.8 Å². The predicted molar refractivity (Wildman–Crippen MR) is 82.2 cm³/mol. The van der Waals surface area contributed by atoms with Gasteiger partial charge in [-0.2, -0.15) is 0 Å². The standard InChI is InChI=1S/C10H19N3.C4H7NO4/c1-3-5-7-13-8-6-12-10(13)9(11)4-2;5-2(4(8)9)1-3(6)7/h6,8-9H,3-5,7,11H2,1-2H3;2H,1,5H2,(H,6,7)(H,8,9). The maximum atomic E-state index is 9.85. The first-order valence-corrected chi connectivity index (χ1v) is 7.30. The second-order valence-corrected chi connectivity index (χ2v) is 4.89. The number of aryl methyl sites for hydroxylation is 1. The third kappa shape index (κ3) is 7.75. The molecule has 0 aliphatic carbocycles. The predicted octanol–water partition coefficient (Wildman–Crippen LogP) is 0.966. The molecule has 0 aliphatic heterocycles. The molecular formula is C14H26N4O4. The quantitative estimate of drug-likeness (QED) is 0.559. The van der Waals surface area contributed by atoms with E-state index in [0.29, 0.717) is 0 Å². The Morgan fingerprint density at radius 3 is 2.36 bits per heavy atom. The van der Waals surface area contributed by atoms with Crippen LogP contribution in [-0.4, -0.2) is 37.7 Å². The molecule has 8 heteroatoms. The zero-order chi connectivity index (χ0) is 17.1. The van der Waals surface area contributed by atoms with E-state index >= 15 is 0 Å². The highest BCUT2D eigenvalue weighted by atomic mass is 16.4. The van der Waals surface area contributed by atoms with Crippen LogP contribution in [0.5, 0.6) is 0 Å². The molecule has 2 atom stereocenters. The number of hydrogen-bond acceptors (Lipinski definition) is 5. The molecule has 1 rings (SSSR count). The molecule has 8 nitrogen and oxygen atoms in total. The van der Waals surface area contributed by atoms with E-state index in [-0.39, 0.29) is 6.04 Å². The van der Waals surface area contributed by atoms with Gasteiger partial charge in [-0.25, -0.2) is 4.98 Å². The van der Waals surface area contributed by atoms with Crippen LogP contribution in [0, 0.1) is 0 Å². The van der Waals surface area contributed by atoms with Gasteiger partial charge in [0.05, 0.1) is 12.5 Å². The summed E-state index contributed by atoms with van der Waals surface area (Å²) in [6.07, 6.45) is 6.66. The number of hydrogen-bond donors (Lipinski definition) is 4. The van der Waals surface area contributed by atoms with Crippen molar-refractivity contribution >= 4 is 11.9 Å². The van der Waals surface area contributed by atoms with Gasteiger partial charge in [-0.15, -0.1) is 0 Å². The summed E-state index contributed by atoms with van der Waals surface area (Å²) in [5, 5.41) is 16.0. The maximum Gasteiger partial charge on any atom is 0.321 e. The van der Waals surface area contributed by atoms with Gasteiger partial charge in [0.25, 0.3) is 0 Å². The Labute approximate surface area is 130 Å². The number of aromatic nitrogens is 2. The van der Waals surface area contributed by atoms with Crippen molar-refractivity contribution in [1.82, 2.24) is 9.55 Å². The van der Waals surface area contributed by atoms with Crippen LogP contribution in [0.25, 0.3) is 0 Å². The number of rotatable bonds is 8. The van der Waals surface area contributed by atoms with Crippen LogP contribution < -0.4 is 11.5 Å². The molecule has 1 aromatic heterocycles. The van der Waals surface area contributed by atoms with Gasteiger partial charge in [0.1, 0.15) is 11.9 Å². The molecule has 126 valence electrons. The first-order chi connectivity index (χ1) is 10.3.